The molecule has 0 amide bonds. The lowest BCUT2D eigenvalue weighted by atomic mass is 10.0. The summed E-state index contributed by atoms with van der Waals surface area (Å²) in [4.78, 5) is 25.5. The second-order valence-corrected chi connectivity index (χ2v) is 6.59. The van der Waals surface area contributed by atoms with Crippen molar-refractivity contribution in [1.29, 1.82) is 0 Å². The van der Waals surface area contributed by atoms with Crippen LogP contribution in [0.2, 0.25) is 0 Å². The van der Waals surface area contributed by atoms with Crippen molar-refractivity contribution < 1.29 is 23.1 Å². The Balaban J connectivity index is 3.40. The summed E-state index contributed by atoms with van der Waals surface area (Å²) in [5.41, 5.74) is -2.01. The average molecular weight is 362 g/mol. The average Bonchev–Trinajstić information content (AvgIpc) is 2.49. The van der Waals surface area contributed by atoms with Gasteiger partial charge >= 0.3 is 12.1 Å². The second kappa shape index (κ2) is 8.51. The van der Waals surface area contributed by atoms with Crippen molar-refractivity contribution in [3.63, 3.8) is 0 Å². The van der Waals surface area contributed by atoms with E-state index in [4.69, 9.17) is 0 Å². The summed E-state index contributed by atoms with van der Waals surface area (Å²) in [5.74, 6) is -1.25. The summed E-state index contributed by atoms with van der Waals surface area (Å²) in [6.07, 6.45) is -3.35. The molecule has 1 N–H and O–H groups in total. The monoisotopic (exact) mass is 362 g/mol. The molecule has 0 fully saturated rings. The fourth-order valence-electron chi connectivity index (χ4n) is 2.55. The highest BCUT2D eigenvalue weighted by Gasteiger charge is 2.35. The summed E-state index contributed by atoms with van der Waals surface area (Å²) >= 11 is 0. The van der Waals surface area contributed by atoms with Gasteiger partial charge in [0.05, 0.1) is 5.56 Å². The van der Waals surface area contributed by atoms with Crippen LogP contribution < -0.4 is 5.56 Å². The van der Waals surface area contributed by atoms with E-state index < -0.39 is 29.3 Å². The first kappa shape index (κ1) is 21.2. The minimum absolute atomic E-state index is 0.0232. The molecule has 1 heterocycles. The number of carbonyl (C=O) groups is 1. The van der Waals surface area contributed by atoms with Crippen LogP contribution in [0.3, 0.4) is 0 Å². The van der Waals surface area contributed by atoms with Gasteiger partial charge in [-0.05, 0) is 37.9 Å². The first-order valence-electron chi connectivity index (χ1n) is 8.21. The molecular formula is C17H25F3N2O3. The molecule has 25 heavy (non-hydrogen) atoms. The molecule has 0 aliphatic heterocycles. The highest BCUT2D eigenvalue weighted by Crippen LogP contribution is 2.32. The van der Waals surface area contributed by atoms with Gasteiger partial charge in [-0.2, -0.15) is 13.2 Å². The third kappa shape index (κ3) is 5.88. The fourth-order valence-corrected chi connectivity index (χ4v) is 2.55. The van der Waals surface area contributed by atoms with Crippen molar-refractivity contribution in [2.24, 2.45) is 5.92 Å². The lowest BCUT2D eigenvalue weighted by Gasteiger charge is -2.22. The predicted molar refractivity (Wildman–Crippen MR) is 88.7 cm³/mol. The van der Waals surface area contributed by atoms with Gasteiger partial charge in [-0.3, -0.25) is 4.79 Å². The van der Waals surface area contributed by atoms with Crippen molar-refractivity contribution in [3.05, 3.63) is 33.7 Å². The molecular weight excluding hydrogens is 337 g/mol. The SMILES string of the molecule is CCN(C)CCc1cn(C(CC(C)C)C(=O)O)c(=O)cc1C(F)(F)F. The summed E-state index contributed by atoms with van der Waals surface area (Å²) in [5, 5.41) is 9.39. The van der Waals surface area contributed by atoms with Gasteiger partial charge in [-0.1, -0.05) is 20.8 Å². The quantitative estimate of drug-likeness (QED) is 0.772. The molecule has 8 heteroatoms. The number of hydrogen-bond acceptors (Lipinski definition) is 3. The standard InChI is InChI=1S/C17H25F3N2O3/c1-5-21(4)7-6-12-10-22(14(16(24)25)8-11(2)3)15(23)9-13(12)17(18,19)20/h9-11,14H,5-8H2,1-4H3,(H,24,25). The van der Waals surface area contributed by atoms with Crippen LogP contribution in [0.25, 0.3) is 0 Å². The van der Waals surface area contributed by atoms with Gasteiger partial charge in [0.15, 0.2) is 0 Å². The number of alkyl halides is 3. The van der Waals surface area contributed by atoms with Crippen LogP contribution in [0.15, 0.2) is 17.1 Å². The summed E-state index contributed by atoms with van der Waals surface area (Å²) in [6, 6.07) is -0.671. The Kier molecular flexibility index (Phi) is 7.22. The Labute approximate surface area is 145 Å². The number of rotatable bonds is 8. The molecule has 1 unspecified atom stereocenters. The lowest BCUT2D eigenvalue weighted by Crippen LogP contribution is -2.33. The molecule has 0 radical (unpaired) electrons. The van der Waals surface area contributed by atoms with Crippen molar-refractivity contribution in [3.8, 4) is 0 Å². The molecule has 1 atom stereocenters. The fraction of sp³-hybridized carbons (Fsp3) is 0.647. The highest BCUT2D eigenvalue weighted by atomic mass is 19.4. The highest BCUT2D eigenvalue weighted by molar-refractivity contribution is 5.71. The van der Waals surface area contributed by atoms with E-state index in [1.165, 1.54) is 0 Å². The van der Waals surface area contributed by atoms with Crippen LogP contribution in [-0.2, 0) is 17.4 Å². The Hall–Kier alpha value is -1.83. The Morgan fingerprint density at radius 2 is 1.96 bits per heavy atom. The number of aliphatic carboxylic acids is 1. The largest absolute Gasteiger partial charge is 0.480 e. The van der Waals surface area contributed by atoms with Gasteiger partial charge in [-0.15, -0.1) is 0 Å². The molecule has 142 valence electrons. The minimum Gasteiger partial charge on any atom is -0.480 e. The number of halogens is 3. The zero-order valence-corrected chi connectivity index (χ0v) is 14.9. The van der Waals surface area contributed by atoms with Gasteiger partial charge in [0.25, 0.3) is 5.56 Å². The number of carboxylic acid groups (broad SMARTS) is 1. The Bertz CT molecular complexity index is 654. The molecule has 0 aliphatic rings. The molecule has 0 spiro atoms. The summed E-state index contributed by atoms with van der Waals surface area (Å²) in [7, 11) is 1.78. The van der Waals surface area contributed by atoms with Crippen LogP contribution in [0, 0.1) is 5.92 Å². The number of pyridine rings is 1. The van der Waals surface area contributed by atoms with E-state index in [9.17, 15) is 27.9 Å². The molecule has 0 aromatic carbocycles. The Morgan fingerprint density at radius 3 is 2.40 bits per heavy atom. The molecule has 1 rings (SSSR count). The van der Waals surface area contributed by atoms with Crippen LogP contribution in [-0.4, -0.2) is 40.7 Å². The zero-order valence-electron chi connectivity index (χ0n) is 14.9. The van der Waals surface area contributed by atoms with Gasteiger partial charge < -0.3 is 14.6 Å². The number of hydrogen-bond donors (Lipinski definition) is 1. The summed E-state index contributed by atoms with van der Waals surface area (Å²) < 4.78 is 40.7. The smallest absolute Gasteiger partial charge is 0.416 e. The van der Waals surface area contributed by atoms with Gasteiger partial charge in [0.1, 0.15) is 6.04 Å². The van der Waals surface area contributed by atoms with E-state index in [1.54, 1.807) is 20.9 Å². The van der Waals surface area contributed by atoms with E-state index in [1.807, 2.05) is 11.8 Å². The molecule has 1 aromatic heterocycles. The van der Waals surface area contributed by atoms with Crippen LogP contribution in [0.1, 0.15) is 44.4 Å². The van der Waals surface area contributed by atoms with E-state index in [2.05, 4.69) is 0 Å². The van der Waals surface area contributed by atoms with Crippen molar-refractivity contribution in [2.45, 2.75) is 45.8 Å². The maximum absolute atomic E-state index is 13.3. The maximum Gasteiger partial charge on any atom is 0.416 e. The number of aromatic nitrogens is 1. The first-order chi connectivity index (χ1) is 11.5. The zero-order chi connectivity index (χ0) is 19.4. The van der Waals surface area contributed by atoms with Crippen molar-refractivity contribution in [2.75, 3.05) is 20.1 Å². The van der Waals surface area contributed by atoms with E-state index in [0.717, 1.165) is 10.8 Å². The number of nitrogens with zero attached hydrogens (tertiary/aromatic N) is 2. The van der Waals surface area contributed by atoms with Crippen molar-refractivity contribution >= 4 is 5.97 Å². The number of likely N-dealkylation sites (N-methyl/N-ethyl adjacent to an activating group) is 1. The first-order valence-corrected chi connectivity index (χ1v) is 8.21. The molecule has 0 bridgehead atoms. The molecule has 5 nitrogen and oxygen atoms in total. The van der Waals surface area contributed by atoms with E-state index in [0.29, 0.717) is 19.2 Å². The minimum atomic E-state index is -4.66. The number of carboxylic acids is 1. The Morgan fingerprint density at radius 1 is 1.36 bits per heavy atom. The van der Waals surface area contributed by atoms with Gasteiger partial charge in [0, 0.05) is 18.8 Å². The van der Waals surface area contributed by atoms with Gasteiger partial charge in [-0.25, -0.2) is 4.79 Å². The van der Waals surface area contributed by atoms with Crippen LogP contribution in [0.5, 0.6) is 0 Å². The molecule has 0 aliphatic carbocycles. The lowest BCUT2D eigenvalue weighted by molar-refractivity contribution is -0.141. The third-order valence-electron chi connectivity index (χ3n) is 4.09. The molecule has 0 saturated carbocycles. The van der Waals surface area contributed by atoms with Crippen molar-refractivity contribution in [1.82, 2.24) is 9.47 Å². The molecule has 1 aromatic rings. The predicted octanol–water partition coefficient (Wildman–Crippen LogP) is 3.03. The second-order valence-electron chi connectivity index (χ2n) is 6.59. The maximum atomic E-state index is 13.3. The summed E-state index contributed by atoms with van der Waals surface area (Å²) in [6.45, 7) is 6.52. The van der Waals surface area contributed by atoms with Crippen LogP contribution in [0.4, 0.5) is 13.2 Å². The topological polar surface area (TPSA) is 62.5 Å². The van der Waals surface area contributed by atoms with Gasteiger partial charge in [0.2, 0.25) is 0 Å². The van der Waals surface area contributed by atoms with Crippen LogP contribution >= 0.6 is 0 Å². The molecule has 0 saturated heterocycles. The van der Waals surface area contributed by atoms with E-state index in [-0.39, 0.29) is 24.3 Å². The third-order valence-corrected chi connectivity index (χ3v) is 4.09. The normalized spacial score (nSPS) is 13.5. The van der Waals surface area contributed by atoms with E-state index >= 15 is 0 Å².